The maximum atomic E-state index is 12.4. The molecule has 148 valence electrons. The van der Waals surface area contributed by atoms with E-state index >= 15 is 0 Å². The second-order valence-corrected chi connectivity index (χ2v) is 8.35. The summed E-state index contributed by atoms with van der Waals surface area (Å²) in [6, 6.07) is 16.8. The number of carbonyl (C=O) groups is 1. The van der Waals surface area contributed by atoms with Gasteiger partial charge in [-0.25, -0.2) is 9.97 Å². The molecule has 9 heteroatoms. The van der Waals surface area contributed by atoms with E-state index in [1.165, 1.54) is 33.6 Å². The summed E-state index contributed by atoms with van der Waals surface area (Å²) >= 11 is 2.74. The molecule has 0 saturated carbocycles. The van der Waals surface area contributed by atoms with Crippen LogP contribution in [0.2, 0.25) is 0 Å². The monoisotopic (exact) mass is 434 g/mol. The van der Waals surface area contributed by atoms with Gasteiger partial charge in [-0.1, -0.05) is 29.5 Å². The number of benzene rings is 2. The Morgan fingerprint density at radius 1 is 1.10 bits per heavy atom. The zero-order valence-electron chi connectivity index (χ0n) is 15.4. The zero-order valence-corrected chi connectivity index (χ0v) is 17.1. The number of carbonyl (C=O) groups excluding carboxylic acids is 1. The van der Waals surface area contributed by atoms with Crippen molar-refractivity contribution in [2.24, 2.45) is 0 Å². The molecule has 5 rings (SSSR count). The fraction of sp³-hybridized carbons (Fsp3) is 0.0476. The summed E-state index contributed by atoms with van der Waals surface area (Å²) in [5.41, 5.74) is 0.526. The molecule has 5 aromatic rings. The third kappa shape index (κ3) is 3.68. The third-order valence-corrected chi connectivity index (χ3v) is 6.10. The molecule has 0 fully saturated rings. The first-order valence-electron chi connectivity index (χ1n) is 9.02. The Kier molecular flexibility index (Phi) is 4.74. The summed E-state index contributed by atoms with van der Waals surface area (Å²) in [6.45, 7) is -0.129. The largest absolute Gasteiger partial charge is 0.457 e. The summed E-state index contributed by atoms with van der Waals surface area (Å²) in [7, 11) is 0. The molecule has 0 aliphatic rings. The van der Waals surface area contributed by atoms with Gasteiger partial charge < -0.3 is 10.1 Å². The van der Waals surface area contributed by atoms with Crippen LogP contribution in [0.25, 0.3) is 20.4 Å². The Bertz CT molecular complexity index is 1420. The lowest BCUT2D eigenvalue weighted by molar-refractivity contribution is -0.116. The molecule has 0 saturated heterocycles. The van der Waals surface area contributed by atoms with Crippen molar-refractivity contribution in [2.45, 2.75) is 6.54 Å². The van der Waals surface area contributed by atoms with E-state index in [1.54, 1.807) is 11.4 Å². The number of hydrogen-bond donors (Lipinski definition) is 1. The summed E-state index contributed by atoms with van der Waals surface area (Å²) in [5.74, 6) is 1.10. The van der Waals surface area contributed by atoms with E-state index in [4.69, 9.17) is 4.74 Å². The summed E-state index contributed by atoms with van der Waals surface area (Å²) in [5, 5.41) is 5.54. The topological polar surface area (TPSA) is 86.1 Å². The van der Waals surface area contributed by atoms with Crippen molar-refractivity contribution in [3.8, 4) is 11.5 Å². The Hall–Kier alpha value is -3.56. The number of ether oxygens (including phenoxy) is 1. The highest BCUT2D eigenvalue weighted by atomic mass is 32.1. The predicted molar refractivity (Wildman–Crippen MR) is 119 cm³/mol. The molecule has 0 atom stereocenters. The minimum atomic E-state index is -0.340. The highest BCUT2D eigenvalue weighted by Crippen LogP contribution is 2.31. The van der Waals surface area contributed by atoms with Gasteiger partial charge in [0.2, 0.25) is 5.91 Å². The molecule has 0 spiro atoms. The second-order valence-electron chi connectivity index (χ2n) is 6.43. The van der Waals surface area contributed by atoms with Gasteiger partial charge in [0.05, 0.1) is 21.9 Å². The molecule has 30 heavy (non-hydrogen) atoms. The molecule has 1 N–H and O–H groups in total. The number of amides is 1. The van der Waals surface area contributed by atoms with Crippen molar-refractivity contribution in [2.75, 3.05) is 5.32 Å². The van der Waals surface area contributed by atoms with Gasteiger partial charge in [0, 0.05) is 6.07 Å². The maximum Gasteiger partial charge on any atom is 0.262 e. The minimum Gasteiger partial charge on any atom is -0.457 e. The average Bonchev–Trinajstić information content (AvgIpc) is 3.37. The number of nitrogens with zero attached hydrogens (tertiary/aromatic N) is 3. The number of fused-ring (bicyclic) bond motifs is 2. The standard InChI is InChI=1S/C21H14N4O3S2/c26-18(11-25-12-22-19-15(20(25)27)8-9-29-19)24-21-23-16-7-6-14(10-17(16)30-21)28-13-4-2-1-3-5-13/h1-10,12H,11H2,(H,23,24,26). The van der Waals surface area contributed by atoms with E-state index in [9.17, 15) is 9.59 Å². The summed E-state index contributed by atoms with van der Waals surface area (Å²) in [4.78, 5) is 34.2. The van der Waals surface area contributed by atoms with Crippen LogP contribution in [-0.4, -0.2) is 20.4 Å². The number of anilines is 1. The Morgan fingerprint density at radius 2 is 1.97 bits per heavy atom. The third-order valence-electron chi connectivity index (χ3n) is 4.35. The Morgan fingerprint density at radius 3 is 2.83 bits per heavy atom. The molecular formula is C21H14N4O3S2. The van der Waals surface area contributed by atoms with E-state index in [2.05, 4.69) is 15.3 Å². The van der Waals surface area contributed by atoms with Crippen molar-refractivity contribution >= 4 is 54.1 Å². The van der Waals surface area contributed by atoms with Crippen LogP contribution in [0.3, 0.4) is 0 Å². The van der Waals surface area contributed by atoms with E-state index in [0.29, 0.717) is 21.1 Å². The SMILES string of the molecule is O=C(Cn1cnc2sccc2c1=O)Nc1nc2ccc(Oc3ccccc3)cc2s1. The maximum absolute atomic E-state index is 12.4. The first-order chi connectivity index (χ1) is 14.7. The van der Waals surface area contributed by atoms with Crippen molar-refractivity contribution in [1.82, 2.24) is 14.5 Å². The Balaban J connectivity index is 1.32. The van der Waals surface area contributed by atoms with E-state index in [0.717, 1.165) is 16.0 Å². The first-order valence-corrected chi connectivity index (χ1v) is 10.7. The fourth-order valence-corrected chi connectivity index (χ4v) is 4.60. The molecule has 0 aliphatic heterocycles. The molecule has 3 heterocycles. The van der Waals surface area contributed by atoms with Crippen molar-refractivity contribution < 1.29 is 9.53 Å². The van der Waals surface area contributed by atoms with E-state index in [1.807, 2.05) is 48.5 Å². The quantitative estimate of drug-likeness (QED) is 0.440. The van der Waals surface area contributed by atoms with Gasteiger partial charge in [0.15, 0.2) is 5.13 Å². The van der Waals surface area contributed by atoms with E-state index < -0.39 is 0 Å². The van der Waals surface area contributed by atoms with Crippen LogP contribution < -0.4 is 15.6 Å². The van der Waals surface area contributed by atoms with Crippen molar-refractivity contribution in [3.05, 3.63) is 76.7 Å². The minimum absolute atomic E-state index is 0.129. The molecule has 0 bridgehead atoms. The highest BCUT2D eigenvalue weighted by Gasteiger charge is 2.12. The van der Waals surface area contributed by atoms with Gasteiger partial charge >= 0.3 is 0 Å². The molecule has 1 amide bonds. The number of para-hydroxylation sites is 1. The van der Waals surface area contributed by atoms with E-state index in [-0.39, 0.29) is 18.0 Å². The highest BCUT2D eigenvalue weighted by molar-refractivity contribution is 7.22. The van der Waals surface area contributed by atoms with Crippen LogP contribution >= 0.6 is 22.7 Å². The summed E-state index contributed by atoms with van der Waals surface area (Å²) in [6.07, 6.45) is 1.40. The van der Waals surface area contributed by atoms with Gasteiger partial charge in [-0.15, -0.1) is 11.3 Å². The normalized spacial score (nSPS) is 11.1. The molecule has 3 aromatic heterocycles. The molecule has 7 nitrogen and oxygen atoms in total. The van der Waals surface area contributed by atoms with Crippen molar-refractivity contribution in [1.29, 1.82) is 0 Å². The van der Waals surface area contributed by atoms with Gasteiger partial charge in [0.25, 0.3) is 5.56 Å². The van der Waals surface area contributed by atoms with Crippen LogP contribution in [-0.2, 0) is 11.3 Å². The van der Waals surface area contributed by atoms with Crippen LogP contribution in [0.1, 0.15) is 0 Å². The predicted octanol–water partition coefficient (Wildman–Crippen LogP) is 4.50. The molecule has 0 unspecified atom stereocenters. The first kappa shape index (κ1) is 18.5. The smallest absolute Gasteiger partial charge is 0.262 e. The van der Waals surface area contributed by atoms with Gasteiger partial charge in [0.1, 0.15) is 22.9 Å². The van der Waals surface area contributed by atoms with Crippen LogP contribution in [0.15, 0.2) is 71.1 Å². The number of thiazole rings is 1. The number of nitrogens with one attached hydrogen (secondary N) is 1. The number of aromatic nitrogens is 3. The second kappa shape index (κ2) is 7.69. The lowest BCUT2D eigenvalue weighted by atomic mass is 10.3. The van der Waals surface area contributed by atoms with Crippen LogP contribution in [0, 0.1) is 0 Å². The number of thiophene rings is 1. The zero-order chi connectivity index (χ0) is 20.5. The molecule has 0 aliphatic carbocycles. The molecule has 2 aromatic carbocycles. The van der Waals surface area contributed by atoms with Crippen LogP contribution in [0.5, 0.6) is 11.5 Å². The Labute approximate surface area is 178 Å². The summed E-state index contributed by atoms with van der Waals surface area (Å²) < 4.78 is 8.03. The lowest BCUT2D eigenvalue weighted by Gasteiger charge is -2.04. The van der Waals surface area contributed by atoms with Gasteiger partial charge in [-0.2, -0.15) is 0 Å². The fourth-order valence-electron chi connectivity index (χ4n) is 2.97. The average molecular weight is 435 g/mol. The lowest BCUT2D eigenvalue weighted by Crippen LogP contribution is -2.27. The molecule has 0 radical (unpaired) electrons. The number of rotatable bonds is 5. The molecular weight excluding hydrogens is 420 g/mol. The van der Waals surface area contributed by atoms with Gasteiger partial charge in [-0.3, -0.25) is 14.2 Å². The van der Waals surface area contributed by atoms with Crippen LogP contribution in [0.4, 0.5) is 5.13 Å². The number of hydrogen-bond acceptors (Lipinski definition) is 7. The van der Waals surface area contributed by atoms with Gasteiger partial charge in [-0.05, 0) is 35.7 Å². The van der Waals surface area contributed by atoms with Crippen molar-refractivity contribution in [3.63, 3.8) is 0 Å².